The van der Waals surface area contributed by atoms with Crippen LogP contribution in [-0.2, 0) is 11.3 Å². The molecular formula is C14H19N5O. The summed E-state index contributed by atoms with van der Waals surface area (Å²) < 4.78 is 1.62. The van der Waals surface area contributed by atoms with Crippen LogP contribution in [0.5, 0.6) is 0 Å². The highest BCUT2D eigenvalue weighted by atomic mass is 16.1. The molecule has 0 fully saturated rings. The van der Waals surface area contributed by atoms with Gasteiger partial charge in [0, 0.05) is 6.42 Å². The van der Waals surface area contributed by atoms with Crippen molar-refractivity contribution in [2.24, 2.45) is 5.41 Å². The molecule has 0 aliphatic carbocycles. The van der Waals surface area contributed by atoms with E-state index in [9.17, 15) is 4.79 Å². The molecule has 2 aromatic rings. The lowest BCUT2D eigenvalue weighted by molar-refractivity contribution is -0.123. The van der Waals surface area contributed by atoms with Crippen LogP contribution < -0.4 is 5.32 Å². The molecule has 1 amide bonds. The topological polar surface area (TPSA) is 72.7 Å². The molecule has 0 aliphatic heterocycles. The van der Waals surface area contributed by atoms with Gasteiger partial charge in [0.2, 0.25) is 5.91 Å². The maximum Gasteiger partial charge on any atom is 0.220 e. The normalized spacial score (nSPS) is 11.3. The number of amides is 1. The maximum absolute atomic E-state index is 11.8. The SMILES string of the molecule is CC(C)(C)CC(=O)NCc1nnnn1-c1ccccc1. The number of carbonyl (C=O) groups is 1. The molecule has 1 aromatic heterocycles. The highest BCUT2D eigenvalue weighted by Crippen LogP contribution is 2.17. The number of hydrogen-bond donors (Lipinski definition) is 1. The van der Waals surface area contributed by atoms with Gasteiger partial charge in [-0.25, -0.2) is 0 Å². The van der Waals surface area contributed by atoms with E-state index < -0.39 is 0 Å². The Morgan fingerprint density at radius 2 is 1.95 bits per heavy atom. The molecule has 0 atom stereocenters. The van der Waals surface area contributed by atoms with Crippen LogP contribution in [0.25, 0.3) is 5.69 Å². The number of carbonyl (C=O) groups excluding carboxylic acids is 1. The Morgan fingerprint density at radius 3 is 2.60 bits per heavy atom. The number of nitrogens with one attached hydrogen (secondary N) is 1. The van der Waals surface area contributed by atoms with Crippen molar-refractivity contribution >= 4 is 5.91 Å². The summed E-state index contributed by atoms with van der Waals surface area (Å²) in [7, 11) is 0. The first-order valence-electron chi connectivity index (χ1n) is 6.55. The molecule has 2 rings (SSSR count). The van der Waals surface area contributed by atoms with E-state index in [-0.39, 0.29) is 11.3 Å². The van der Waals surface area contributed by atoms with Gasteiger partial charge in [0.25, 0.3) is 0 Å². The summed E-state index contributed by atoms with van der Waals surface area (Å²) in [5.74, 6) is 0.610. The van der Waals surface area contributed by atoms with Crippen molar-refractivity contribution in [1.82, 2.24) is 25.5 Å². The van der Waals surface area contributed by atoms with Crippen molar-refractivity contribution < 1.29 is 4.79 Å². The average molecular weight is 273 g/mol. The molecular weight excluding hydrogens is 254 g/mol. The standard InChI is InChI=1S/C14H19N5O/c1-14(2,3)9-13(20)15-10-12-16-17-18-19(12)11-7-5-4-6-8-11/h4-8H,9-10H2,1-3H3,(H,15,20). The zero-order valence-electron chi connectivity index (χ0n) is 12.0. The van der Waals surface area contributed by atoms with Gasteiger partial charge >= 0.3 is 0 Å². The first-order chi connectivity index (χ1) is 9.46. The fourth-order valence-electron chi connectivity index (χ4n) is 1.81. The third-order valence-electron chi connectivity index (χ3n) is 2.67. The molecule has 6 heteroatoms. The minimum absolute atomic E-state index is 0.000103. The highest BCUT2D eigenvalue weighted by molar-refractivity contribution is 5.76. The quantitative estimate of drug-likeness (QED) is 0.920. The van der Waals surface area contributed by atoms with Gasteiger partial charge in [-0.15, -0.1) is 5.10 Å². The average Bonchev–Trinajstić information content (AvgIpc) is 2.83. The minimum atomic E-state index is -0.0323. The Bertz CT molecular complexity index is 571. The third-order valence-corrected chi connectivity index (χ3v) is 2.67. The molecule has 0 bridgehead atoms. The van der Waals surface area contributed by atoms with Crippen LogP contribution in [0.15, 0.2) is 30.3 Å². The number of hydrogen-bond acceptors (Lipinski definition) is 4. The van der Waals surface area contributed by atoms with Gasteiger partial charge in [0.1, 0.15) is 0 Å². The van der Waals surface area contributed by atoms with Gasteiger partial charge < -0.3 is 5.32 Å². The molecule has 1 N–H and O–H groups in total. The van der Waals surface area contributed by atoms with Gasteiger partial charge in [-0.05, 0) is 28.0 Å². The summed E-state index contributed by atoms with van der Waals surface area (Å²) in [6.45, 7) is 6.40. The van der Waals surface area contributed by atoms with E-state index in [1.165, 1.54) is 0 Å². The molecule has 1 heterocycles. The molecule has 106 valence electrons. The van der Waals surface area contributed by atoms with E-state index in [0.29, 0.717) is 18.8 Å². The summed E-state index contributed by atoms with van der Waals surface area (Å²) in [6, 6.07) is 9.59. The van der Waals surface area contributed by atoms with E-state index in [1.807, 2.05) is 51.1 Å². The predicted molar refractivity (Wildman–Crippen MR) is 75.1 cm³/mol. The number of benzene rings is 1. The summed E-state index contributed by atoms with van der Waals surface area (Å²) >= 11 is 0. The molecule has 20 heavy (non-hydrogen) atoms. The van der Waals surface area contributed by atoms with Crippen molar-refractivity contribution in [3.05, 3.63) is 36.2 Å². The fourth-order valence-corrected chi connectivity index (χ4v) is 1.81. The van der Waals surface area contributed by atoms with Gasteiger partial charge in [-0.1, -0.05) is 39.0 Å². The van der Waals surface area contributed by atoms with Crippen LogP contribution in [-0.4, -0.2) is 26.1 Å². The van der Waals surface area contributed by atoms with E-state index in [0.717, 1.165) is 5.69 Å². The number of tetrazole rings is 1. The molecule has 1 aromatic carbocycles. The second-order valence-electron chi connectivity index (χ2n) is 5.86. The number of nitrogens with zero attached hydrogens (tertiary/aromatic N) is 4. The molecule has 0 saturated carbocycles. The van der Waals surface area contributed by atoms with Gasteiger partial charge in [0.05, 0.1) is 12.2 Å². The molecule has 0 spiro atoms. The van der Waals surface area contributed by atoms with Crippen LogP contribution in [0.3, 0.4) is 0 Å². The zero-order chi connectivity index (χ0) is 14.6. The van der Waals surface area contributed by atoms with Gasteiger partial charge in [-0.2, -0.15) is 4.68 Å². The second-order valence-corrected chi connectivity index (χ2v) is 5.86. The zero-order valence-corrected chi connectivity index (χ0v) is 12.0. The first kappa shape index (κ1) is 14.2. The Morgan fingerprint density at radius 1 is 1.25 bits per heavy atom. The Balaban J connectivity index is 2.02. The van der Waals surface area contributed by atoms with Crippen LogP contribution in [0.4, 0.5) is 0 Å². The highest BCUT2D eigenvalue weighted by Gasteiger charge is 2.16. The van der Waals surface area contributed by atoms with E-state index >= 15 is 0 Å². The van der Waals surface area contributed by atoms with Crippen LogP contribution >= 0.6 is 0 Å². The summed E-state index contributed by atoms with van der Waals surface area (Å²) in [6.07, 6.45) is 0.472. The fraction of sp³-hybridized carbons (Fsp3) is 0.429. The molecule has 0 saturated heterocycles. The van der Waals surface area contributed by atoms with Crippen LogP contribution in [0, 0.1) is 5.41 Å². The van der Waals surface area contributed by atoms with Gasteiger partial charge in [0.15, 0.2) is 5.82 Å². The van der Waals surface area contributed by atoms with Crippen LogP contribution in [0.2, 0.25) is 0 Å². The Kier molecular flexibility index (Phi) is 4.12. The predicted octanol–water partition coefficient (Wildman–Crippen LogP) is 1.71. The third kappa shape index (κ3) is 3.88. The second kappa shape index (κ2) is 5.81. The van der Waals surface area contributed by atoms with Crippen LogP contribution in [0.1, 0.15) is 33.0 Å². The largest absolute Gasteiger partial charge is 0.349 e. The van der Waals surface area contributed by atoms with E-state index in [2.05, 4.69) is 20.8 Å². The Hall–Kier alpha value is -2.24. The van der Waals surface area contributed by atoms with E-state index in [4.69, 9.17) is 0 Å². The first-order valence-corrected chi connectivity index (χ1v) is 6.55. The summed E-state index contributed by atoms with van der Waals surface area (Å²) in [5.41, 5.74) is 0.840. The number of para-hydroxylation sites is 1. The lowest BCUT2D eigenvalue weighted by Gasteiger charge is -2.17. The van der Waals surface area contributed by atoms with Crippen molar-refractivity contribution in [1.29, 1.82) is 0 Å². The Labute approximate surface area is 118 Å². The molecule has 0 aliphatic rings. The minimum Gasteiger partial charge on any atom is -0.349 e. The molecule has 0 unspecified atom stereocenters. The van der Waals surface area contributed by atoms with Crippen molar-refractivity contribution in [2.75, 3.05) is 0 Å². The molecule has 0 radical (unpaired) electrons. The van der Waals surface area contributed by atoms with Crippen molar-refractivity contribution in [2.45, 2.75) is 33.7 Å². The van der Waals surface area contributed by atoms with Crippen molar-refractivity contribution in [3.63, 3.8) is 0 Å². The smallest absolute Gasteiger partial charge is 0.220 e. The number of rotatable bonds is 4. The number of aromatic nitrogens is 4. The molecule has 6 nitrogen and oxygen atoms in total. The maximum atomic E-state index is 11.8. The monoisotopic (exact) mass is 273 g/mol. The van der Waals surface area contributed by atoms with Gasteiger partial charge in [-0.3, -0.25) is 4.79 Å². The lowest BCUT2D eigenvalue weighted by Crippen LogP contribution is -2.28. The lowest BCUT2D eigenvalue weighted by atomic mass is 9.92. The summed E-state index contributed by atoms with van der Waals surface area (Å²) in [4.78, 5) is 11.8. The van der Waals surface area contributed by atoms with E-state index in [1.54, 1.807) is 4.68 Å². The van der Waals surface area contributed by atoms with Crippen molar-refractivity contribution in [3.8, 4) is 5.69 Å². The summed E-state index contributed by atoms with van der Waals surface area (Å²) in [5, 5.41) is 14.4.